The first-order valence-corrected chi connectivity index (χ1v) is 9.38. The SMILES string of the molecule is CC(NC1CCCCC1C1CCCCC1)c1nccs1. The molecule has 2 aliphatic carbocycles. The molecular formula is C17H28N2S. The van der Waals surface area contributed by atoms with Gasteiger partial charge in [0.1, 0.15) is 5.01 Å². The van der Waals surface area contributed by atoms with Gasteiger partial charge in [0, 0.05) is 17.6 Å². The van der Waals surface area contributed by atoms with Crippen molar-refractivity contribution in [2.45, 2.75) is 76.8 Å². The molecule has 2 fully saturated rings. The standard InChI is InChI=1S/C17H28N2S/c1-13(17-18-11-12-20-17)19-16-10-6-5-9-15(16)14-7-3-2-4-8-14/h11-16,19H,2-10H2,1H3. The van der Waals surface area contributed by atoms with Crippen LogP contribution in [0.4, 0.5) is 0 Å². The van der Waals surface area contributed by atoms with Crippen molar-refractivity contribution in [1.29, 1.82) is 0 Å². The lowest BCUT2D eigenvalue weighted by Crippen LogP contribution is -2.43. The monoisotopic (exact) mass is 292 g/mol. The van der Waals surface area contributed by atoms with Crippen LogP contribution in [-0.4, -0.2) is 11.0 Å². The largest absolute Gasteiger partial charge is 0.305 e. The third-order valence-electron chi connectivity index (χ3n) is 5.36. The van der Waals surface area contributed by atoms with Gasteiger partial charge in [-0.3, -0.25) is 0 Å². The Morgan fingerprint density at radius 2 is 1.85 bits per heavy atom. The molecule has 1 N–H and O–H groups in total. The first kappa shape index (κ1) is 14.5. The van der Waals surface area contributed by atoms with Crippen LogP contribution in [0.1, 0.15) is 75.8 Å². The minimum atomic E-state index is 0.421. The van der Waals surface area contributed by atoms with Crippen molar-refractivity contribution >= 4 is 11.3 Å². The molecule has 2 nitrogen and oxygen atoms in total. The Labute approximate surface area is 127 Å². The molecule has 0 amide bonds. The maximum atomic E-state index is 4.48. The number of nitrogens with one attached hydrogen (secondary N) is 1. The first-order valence-electron chi connectivity index (χ1n) is 8.50. The molecule has 0 aliphatic heterocycles. The molecule has 0 aromatic carbocycles. The summed E-state index contributed by atoms with van der Waals surface area (Å²) in [6, 6.07) is 1.15. The maximum absolute atomic E-state index is 4.48. The molecule has 3 heteroatoms. The summed E-state index contributed by atoms with van der Waals surface area (Å²) < 4.78 is 0. The van der Waals surface area contributed by atoms with Crippen LogP contribution in [0.5, 0.6) is 0 Å². The Bertz CT molecular complexity index is 384. The van der Waals surface area contributed by atoms with Gasteiger partial charge in [-0.25, -0.2) is 4.98 Å². The van der Waals surface area contributed by atoms with Crippen molar-refractivity contribution in [3.05, 3.63) is 16.6 Å². The van der Waals surface area contributed by atoms with Gasteiger partial charge >= 0.3 is 0 Å². The van der Waals surface area contributed by atoms with Crippen LogP contribution in [0, 0.1) is 11.8 Å². The van der Waals surface area contributed by atoms with E-state index in [0.717, 1.165) is 17.9 Å². The van der Waals surface area contributed by atoms with Gasteiger partial charge in [-0.2, -0.15) is 0 Å². The maximum Gasteiger partial charge on any atom is 0.109 e. The first-order chi connectivity index (χ1) is 9.84. The van der Waals surface area contributed by atoms with Gasteiger partial charge in [0.25, 0.3) is 0 Å². The van der Waals surface area contributed by atoms with Crippen molar-refractivity contribution in [2.24, 2.45) is 11.8 Å². The summed E-state index contributed by atoms with van der Waals surface area (Å²) in [4.78, 5) is 4.48. The summed E-state index contributed by atoms with van der Waals surface area (Å²) in [6.45, 7) is 2.28. The highest BCUT2D eigenvalue weighted by molar-refractivity contribution is 7.09. The number of rotatable bonds is 4. The molecule has 3 rings (SSSR count). The minimum Gasteiger partial charge on any atom is -0.305 e. The Morgan fingerprint density at radius 1 is 1.10 bits per heavy atom. The second-order valence-corrected chi connectivity index (χ2v) is 7.64. The number of thiazole rings is 1. The molecule has 20 heavy (non-hydrogen) atoms. The predicted molar refractivity (Wildman–Crippen MR) is 86.0 cm³/mol. The molecule has 0 saturated heterocycles. The van der Waals surface area contributed by atoms with Crippen LogP contribution in [-0.2, 0) is 0 Å². The summed E-state index contributed by atoms with van der Waals surface area (Å²) in [5.41, 5.74) is 0. The average Bonchev–Trinajstić information content (AvgIpc) is 3.03. The van der Waals surface area contributed by atoms with Crippen LogP contribution in [0.25, 0.3) is 0 Å². The van der Waals surface area contributed by atoms with E-state index in [1.807, 2.05) is 6.20 Å². The minimum absolute atomic E-state index is 0.421. The number of hydrogen-bond donors (Lipinski definition) is 1. The van der Waals surface area contributed by atoms with E-state index in [2.05, 4.69) is 22.6 Å². The highest BCUT2D eigenvalue weighted by Gasteiger charge is 2.33. The molecule has 1 heterocycles. The third kappa shape index (κ3) is 3.43. The lowest BCUT2D eigenvalue weighted by molar-refractivity contribution is 0.143. The fraction of sp³-hybridized carbons (Fsp3) is 0.824. The van der Waals surface area contributed by atoms with Gasteiger partial charge in [-0.05, 0) is 31.6 Å². The molecule has 2 saturated carbocycles. The predicted octanol–water partition coefficient (Wildman–Crippen LogP) is 4.93. The molecule has 3 atom stereocenters. The van der Waals surface area contributed by atoms with Crippen molar-refractivity contribution in [3.63, 3.8) is 0 Å². The third-order valence-corrected chi connectivity index (χ3v) is 6.32. The molecule has 2 aliphatic rings. The van der Waals surface area contributed by atoms with Gasteiger partial charge in [-0.1, -0.05) is 44.9 Å². The number of aromatic nitrogens is 1. The Morgan fingerprint density at radius 3 is 2.60 bits per heavy atom. The lowest BCUT2D eigenvalue weighted by Gasteiger charge is -2.40. The van der Waals surface area contributed by atoms with Crippen molar-refractivity contribution in [3.8, 4) is 0 Å². The van der Waals surface area contributed by atoms with E-state index in [1.54, 1.807) is 11.3 Å². The quantitative estimate of drug-likeness (QED) is 0.851. The van der Waals surface area contributed by atoms with Gasteiger partial charge in [-0.15, -0.1) is 11.3 Å². The van der Waals surface area contributed by atoms with E-state index in [-0.39, 0.29) is 0 Å². The highest BCUT2D eigenvalue weighted by atomic mass is 32.1. The van der Waals surface area contributed by atoms with Crippen LogP contribution >= 0.6 is 11.3 Å². The smallest absolute Gasteiger partial charge is 0.109 e. The summed E-state index contributed by atoms with van der Waals surface area (Å²) >= 11 is 1.78. The van der Waals surface area contributed by atoms with Crippen molar-refractivity contribution in [1.82, 2.24) is 10.3 Å². The lowest BCUT2D eigenvalue weighted by atomic mass is 9.71. The summed E-state index contributed by atoms with van der Waals surface area (Å²) in [5.74, 6) is 1.91. The fourth-order valence-corrected chi connectivity index (χ4v) is 4.99. The zero-order valence-corrected chi connectivity index (χ0v) is 13.5. The van der Waals surface area contributed by atoms with Gasteiger partial charge in [0.15, 0.2) is 0 Å². The van der Waals surface area contributed by atoms with Crippen molar-refractivity contribution in [2.75, 3.05) is 0 Å². The Kier molecular flexibility index (Phi) is 5.11. The number of nitrogens with zero attached hydrogens (tertiary/aromatic N) is 1. The van der Waals surface area contributed by atoms with Gasteiger partial charge in [0.2, 0.25) is 0 Å². The van der Waals surface area contributed by atoms with Crippen LogP contribution in [0.15, 0.2) is 11.6 Å². The molecule has 0 bridgehead atoms. The van der Waals surface area contributed by atoms with Crippen LogP contribution in [0.3, 0.4) is 0 Å². The van der Waals surface area contributed by atoms with E-state index in [0.29, 0.717) is 6.04 Å². The van der Waals surface area contributed by atoms with E-state index in [4.69, 9.17) is 0 Å². The summed E-state index contributed by atoms with van der Waals surface area (Å²) in [6.07, 6.45) is 15.0. The topological polar surface area (TPSA) is 24.9 Å². The average molecular weight is 292 g/mol. The van der Waals surface area contributed by atoms with E-state index < -0.39 is 0 Å². The molecular weight excluding hydrogens is 264 g/mol. The molecule has 0 radical (unpaired) electrons. The van der Waals surface area contributed by atoms with Crippen molar-refractivity contribution < 1.29 is 0 Å². The van der Waals surface area contributed by atoms with Gasteiger partial charge in [0.05, 0.1) is 6.04 Å². The van der Waals surface area contributed by atoms with E-state index in [9.17, 15) is 0 Å². The van der Waals surface area contributed by atoms with Gasteiger partial charge < -0.3 is 5.32 Å². The fourth-order valence-electron chi connectivity index (χ4n) is 4.33. The Hall–Kier alpha value is -0.410. The number of hydrogen-bond acceptors (Lipinski definition) is 3. The molecule has 0 spiro atoms. The Balaban J connectivity index is 1.62. The van der Waals surface area contributed by atoms with Crippen LogP contribution in [0.2, 0.25) is 0 Å². The van der Waals surface area contributed by atoms with Crippen LogP contribution < -0.4 is 5.32 Å². The molecule has 112 valence electrons. The zero-order chi connectivity index (χ0) is 13.8. The second-order valence-electron chi connectivity index (χ2n) is 6.71. The molecule has 1 aromatic heterocycles. The van der Waals surface area contributed by atoms with E-state index >= 15 is 0 Å². The van der Waals surface area contributed by atoms with E-state index in [1.165, 1.54) is 62.8 Å². The normalized spacial score (nSPS) is 30.2. The molecule has 3 unspecified atom stereocenters. The summed E-state index contributed by atoms with van der Waals surface area (Å²) in [7, 11) is 0. The summed E-state index contributed by atoms with van der Waals surface area (Å²) in [5, 5.41) is 7.25. The second kappa shape index (κ2) is 7.04. The molecule has 1 aromatic rings. The highest BCUT2D eigenvalue weighted by Crippen LogP contribution is 2.39. The zero-order valence-electron chi connectivity index (χ0n) is 12.7.